The minimum Gasteiger partial charge on any atom is -0.480 e. The van der Waals surface area contributed by atoms with Crippen LogP contribution < -0.4 is 22.1 Å². The van der Waals surface area contributed by atoms with Gasteiger partial charge in [0.05, 0.1) is 27.6 Å². The summed E-state index contributed by atoms with van der Waals surface area (Å²) >= 11 is 5.71. The summed E-state index contributed by atoms with van der Waals surface area (Å²) in [5.41, 5.74) is 11.3. The number of carbonyl (C=O) groups excluding carboxylic acids is 2. The lowest BCUT2D eigenvalue weighted by molar-refractivity contribution is -0.138. The molecule has 10 nitrogen and oxygen atoms in total. The molecule has 13 heteroatoms. The molecule has 0 aliphatic rings. The Bertz CT molecular complexity index is 776. The standard InChI is InChI=1S/C11H9I3N2O4.C6H14N2O2/c1-3(17)15-9-6(12)5(11(19)20)7(13)10(8(9)14)16-4(2)18;7-4-2-1-3-5(8)6(9)10/h1-2H3,(H,15,17)(H,16,18)(H,19,20);5H,1-4,7-8H2,(H,9,10)/t;5-/m.0/s1. The summed E-state index contributed by atoms with van der Waals surface area (Å²) in [6.07, 6.45) is 2.16. The number of aliphatic carboxylic acids is 1. The maximum absolute atomic E-state index is 11.4. The van der Waals surface area contributed by atoms with Gasteiger partial charge in [-0.1, -0.05) is 6.42 Å². The Balaban J connectivity index is 0.000000710. The maximum Gasteiger partial charge on any atom is 0.338 e. The van der Waals surface area contributed by atoms with Gasteiger partial charge in [0, 0.05) is 13.8 Å². The summed E-state index contributed by atoms with van der Waals surface area (Å²) in [4.78, 5) is 44.1. The zero-order valence-electron chi connectivity index (χ0n) is 16.2. The number of aromatic carboxylic acids is 1. The number of halogens is 3. The zero-order chi connectivity index (χ0) is 23.6. The van der Waals surface area contributed by atoms with Crippen molar-refractivity contribution in [2.24, 2.45) is 11.5 Å². The Hall–Kier alpha value is -0.790. The fourth-order valence-electron chi connectivity index (χ4n) is 2.06. The Labute approximate surface area is 214 Å². The second-order valence-electron chi connectivity index (χ2n) is 5.96. The molecule has 0 fully saturated rings. The molecule has 0 radical (unpaired) electrons. The number of anilines is 2. The number of carbonyl (C=O) groups is 4. The van der Waals surface area contributed by atoms with Crippen molar-refractivity contribution in [3.05, 3.63) is 16.3 Å². The number of carboxylic acids is 2. The molecule has 0 saturated carbocycles. The number of carboxylic acid groups (broad SMARTS) is 2. The van der Waals surface area contributed by atoms with Crippen molar-refractivity contribution in [3.8, 4) is 0 Å². The van der Waals surface area contributed by atoms with Gasteiger partial charge in [-0.3, -0.25) is 14.4 Å². The van der Waals surface area contributed by atoms with Gasteiger partial charge in [0.15, 0.2) is 0 Å². The van der Waals surface area contributed by atoms with Crippen LogP contribution in [0, 0.1) is 10.7 Å². The number of benzene rings is 1. The van der Waals surface area contributed by atoms with Gasteiger partial charge in [0.25, 0.3) is 0 Å². The highest BCUT2D eigenvalue weighted by Gasteiger charge is 2.25. The number of rotatable bonds is 8. The van der Waals surface area contributed by atoms with Gasteiger partial charge >= 0.3 is 11.9 Å². The van der Waals surface area contributed by atoms with Crippen molar-refractivity contribution in [1.82, 2.24) is 0 Å². The van der Waals surface area contributed by atoms with Crippen molar-refractivity contribution in [2.75, 3.05) is 17.2 Å². The third-order valence-corrected chi connectivity index (χ3v) is 6.66. The maximum atomic E-state index is 11.4. The fourth-order valence-corrected chi connectivity index (χ4v) is 6.22. The van der Waals surface area contributed by atoms with Gasteiger partial charge in [0.2, 0.25) is 11.8 Å². The van der Waals surface area contributed by atoms with E-state index >= 15 is 0 Å². The van der Waals surface area contributed by atoms with Crippen LogP contribution >= 0.6 is 67.8 Å². The number of hydrogen-bond acceptors (Lipinski definition) is 6. The summed E-state index contributed by atoms with van der Waals surface area (Å²) in [6, 6.07) is -0.716. The molecule has 1 aromatic carbocycles. The molecular formula is C17H23I3N4O6. The molecule has 168 valence electrons. The molecule has 0 aromatic heterocycles. The number of nitrogens with two attached hydrogens (primary N) is 2. The third-order valence-electron chi connectivity index (χ3n) is 3.42. The molecule has 0 aliphatic heterocycles. The second-order valence-corrected chi connectivity index (χ2v) is 9.20. The van der Waals surface area contributed by atoms with Gasteiger partial charge in [-0.25, -0.2) is 4.79 Å². The lowest BCUT2D eigenvalue weighted by Gasteiger charge is -2.17. The lowest BCUT2D eigenvalue weighted by Crippen LogP contribution is -2.29. The molecule has 1 atom stereocenters. The average Bonchev–Trinajstić information content (AvgIpc) is 2.62. The van der Waals surface area contributed by atoms with Gasteiger partial charge in [-0.15, -0.1) is 0 Å². The van der Waals surface area contributed by atoms with E-state index in [2.05, 4.69) is 10.6 Å². The number of nitrogens with one attached hydrogen (secondary N) is 2. The van der Waals surface area contributed by atoms with E-state index < -0.39 is 18.0 Å². The predicted molar refractivity (Wildman–Crippen MR) is 139 cm³/mol. The van der Waals surface area contributed by atoms with Crippen molar-refractivity contribution >= 4 is 103 Å². The first-order valence-electron chi connectivity index (χ1n) is 8.52. The SMILES string of the molecule is CC(=O)Nc1c(I)c(NC(C)=O)c(I)c(C(=O)O)c1I.NCCCC[C@H](N)C(=O)O. The van der Waals surface area contributed by atoms with Crippen molar-refractivity contribution in [3.63, 3.8) is 0 Å². The van der Waals surface area contributed by atoms with Crippen LogP contribution in [0.1, 0.15) is 43.5 Å². The average molecular weight is 760 g/mol. The van der Waals surface area contributed by atoms with E-state index in [1.165, 1.54) is 13.8 Å². The zero-order valence-corrected chi connectivity index (χ0v) is 22.7. The number of amides is 2. The van der Waals surface area contributed by atoms with Crippen LogP contribution in [0.4, 0.5) is 11.4 Å². The minimum absolute atomic E-state index is 0.0547. The van der Waals surface area contributed by atoms with Crippen LogP contribution in [0.25, 0.3) is 0 Å². The molecule has 8 N–H and O–H groups in total. The van der Waals surface area contributed by atoms with E-state index in [1.807, 2.05) is 67.8 Å². The highest BCUT2D eigenvalue weighted by Crippen LogP contribution is 2.38. The second kappa shape index (κ2) is 14.3. The largest absolute Gasteiger partial charge is 0.480 e. The number of unbranched alkanes of at least 4 members (excludes halogenated alkanes) is 1. The topological polar surface area (TPSA) is 185 Å². The van der Waals surface area contributed by atoms with E-state index in [-0.39, 0.29) is 17.4 Å². The Kier molecular flexibility index (Phi) is 13.9. The molecule has 1 rings (SSSR count). The molecule has 0 spiro atoms. The molecule has 30 heavy (non-hydrogen) atoms. The molecular weight excluding hydrogens is 737 g/mol. The molecule has 0 unspecified atom stereocenters. The molecule has 0 saturated heterocycles. The molecule has 2 amide bonds. The Morgan fingerprint density at radius 3 is 1.63 bits per heavy atom. The summed E-state index contributed by atoms with van der Waals surface area (Å²) in [7, 11) is 0. The Morgan fingerprint density at radius 1 is 0.900 bits per heavy atom. The highest BCUT2D eigenvalue weighted by atomic mass is 127. The first-order valence-corrected chi connectivity index (χ1v) is 11.8. The first-order chi connectivity index (χ1) is 13.8. The van der Waals surface area contributed by atoms with Crippen molar-refractivity contribution < 1.29 is 29.4 Å². The van der Waals surface area contributed by atoms with Crippen molar-refractivity contribution in [2.45, 2.75) is 39.2 Å². The summed E-state index contributed by atoms with van der Waals surface area (Å²) < 4.78 is 1.44. The molecule has 0 aliphatic carbocycles. The number of hydrogen-bond donors (Lipinski definition) is 6. The normalized spacial score (nSPS) is 11.0. The Morgan fingerprint density at radius 2 is 1.33 bits per heavy atom. The van der Waals surface area contributed by atoms with E-state index in [1.54, 1.807) is 0 Å². The van der Waals surface area contributed by atoms with Crippen LogP contribution in [0.2, 0.25) is 0 Å². The van der Waals surface area contributed by atoms with Crippen LogP contribution in [-0.2, 0) is 14.4 Å². The van der Waals surface area contributed by atoms with E-state index in [4.69, 9.17) is 16.6 Å². The molecule has 0 heterocycles. The quantitative estimate of drug-likeness (QED) is 0.173. The van der Waals surface area contributed by atoms with Gasteiger partial charge in [-0.05, 0) is 87.2 Å². The third kappa shape index (κ3) is 9.56. The van der Waals surface area contributed by atoms with Gasteiger partial charge in [0.1, 0.15) is 6.04 Å². The predicted octanol–water partition coefficient (Wildman–Crippen LogP) is 2.64. The van der Waals surface area contributed by atoms with Crippen LogP contribution in [0.3, 0.4) is 0 Å². The first kappa shape index (κ1) is 29.2. The lowest BCUT2D eigenvalue weighted by atomic mass is 10.1. The molecule has 0 bridgehead atoms. The summed E-state index contributed by atoms with van der Waals surface area (Å²) in [5, 5.41) is 22.9. The summed E-state index contributed by atoms with van der Waals surface area (Å²) in [6.45, 7) is 3.28. The summed E-state index contributed by atoms with van der Waals surface area (Å²) in [5.74, 6) is -2.68. The van der Waals surface area contributed by atoms with Crippen molar-refractivity contribution in [1.29, 1.82) is 0 Å². The van der Waals surface area contributed by atoms with E-state index in [0.717, 1.165) is 12.8 Å². The van der Waals surface area contributed by atoms with Crippen LogP contribution in [-0.4, -0.2) is 46.6 Å². The van der Waals surface area contributed by atoms with Gasteiger partial charge in [-0.2, -0.15) is 0 Å². The van der Waals surface area contributed by atoms with Crippen LogP contribution in [0.5, 0.6) is 0 Å². The van der Waals surface area contributed by atoms with E-state index in [0.29, 0.717) is 35.1 Å². The minimum atomic E-state index is -1.12. The van der Waals surface area contributed by atoms with Gasteiger partial charge < -0.3 is 32.3 Å². The highest BCUT2D eigenvalue weighted by molar-refractivity contribution is 14.1. The molecule has 1 aromatic rings. The fraction of sp³-hybridized carbons (Fsp3) is 0.412. The monoisotopic (exact) mass is 760 g/mol. The van der Waals surface area contributed by atoms with Crippen LogP contribution in [0.15, 0.2) is 0 Å². The smallest absolute Gasteiger partial charge is 0.338 e. The van der Waals surface area contributed by atoms with E-state index in [9.17, 15) is 24.3 Å².